The van der Waals surface area contributed by atoms with E-state index in [9.17, 15) is 26.7 Å². The lowest BCUT2D eigenvalue weighted by atomic mass is 10.1. The molecule has 0 bridgehead atoms. The number of pyridine rings is 1. The topological polar surface area (TPSA) is 73.3 Å². The number of nitrogens with one attached hydrogen (secondary N) is 1. The number of aryl methyl sites for hydroxylation is 2. The number of thiazole rings is 1. The van der Waals surface area contributed by atoms with E-state index in [4.69, 9.17) is 11.6 Å². The molecular weight excluding hydrogens is 481 g/mol. The maximum absolute atomic E-state index is 13.3. The van der Waals surface area contributed by atoms with Crippen molar-refractivity contribution in [2.75, 3.05) is 5.32 Å². The average Bonchev–Trinajstić information content (AvgIpc) is 3.20. The van der Waals surface area contributed by atoms with Crippen LogP contribution in [0.3, 0.4) is 0 Å². The number of fused-ring (bicyclic) bond motifs is 1. The zero-order valence-electron chi connectivity index (χ0n) is 16.1. The standard InChI is InChI=1S/C19H11ClF5N3O3S/c1-7-3-11(9-4-13-14(5-10(9)20)31-19(24,25)30-13)26-6-12(7)28-17(29)15-16(18(21,22)23)27-8(2)32-15/h3-6H,1-2H3,(H,28,29). The van der Waals surface area contributed by atoms with Crippen LogP contribution in [0.2, 0.25) is 5.02 Å². The Morgan fingerprint density at radius 2 is 1.81 bits per heavy atom. The van der Waals surface area contributed by atoms with Crippen molar-refractivity contribution >= 4 is 34.5 Å². The maximum Gasteiger partial charge on any atom is 0.586 e. The van der Waals surface area contributed by atoms with Crippen molar-refractivity contribution in [3.8, 4) is 22.8 Å². The summed E-state index contributed by atoms with van der Waals surface area (Å²) in [6.45, 7) is 2.95. The lowest BCUT2D eigenvalue weighted by Crippen LogP contribution is -2.25. The Labute approximate surface area is 186 Å². The van der Waals surface area contributed by atoms with Gasteiger partial charge in [0.15, 0.2) is 17.2 Å². The van der Waals surface area contributed by atoms with Gasteiger partial charge >= 0.3 is 12.5 Å². The Balaban J connectivity index is 1.62. The van der Waals surface area contributed by atoms with Crippen LogP contribution in [0.25, 0.3) is 11.3 Å². The fourth-order valence-corrected chi connectivity index (χ4v) is 4.04. The minimum absolute atomic E-state index is 0.0590. The summed E-state index contributed by atoms with van der Waals surface area (Å²) in [5, 5.41) is 2.54. The van der Waals surface area contributed by atoms with Crippen molar-refractivity contribution in [2.24, 2.45) is 0 Å². The van der Waals surface area contributed by atoms with Gasteiger partial charge in [-0.1, -0.05) is 11.6 Å². The first-order valence-electron chi connectivity index (χ1n) is 8.76. The van der Waals surface area contributed by atoms with Crippen LogP contribution in [0.15, 0.2) is 24.4 Å². The molecule has 3 aromatic rings. The monoisotopic (exact) mass is 491 g/mol. The molecule has 1 aliphatic heterocycles. The summed E-state index contributed by atoms with van der Waals surface area (Å²) < 4.78 is 74.7. The second kappa shape index (κ2) is 7.55. The van der Waals surface area contributed by atoms with Crippen LogP contribution in [0.1, 0.15) is 25.9 Å². The minimum atomic E-state index is -4.78. The van der Waals surface area contributed by atoms with Gasteiger partial charge in [0.25, 0.3) is 5.91 Å². The number of carbonyl (C=O) groups excluding carboxylic acids is 1. The van der Waals surface area contributed by atoms with E-state index in [1.165, 1.54) is 25.3 Å². The zero-order valence-corrected chi connectivity index (χ0v) is 17.7. The number of halogens is 6. The highest BCUT2D eigenvalue weighted by atomic mass is 35.5. The molecule has 0 radical (unpaired) electrons. The third kappa shape index (κ3) is 4.19. The van der Waals surface area contributed by atoms with Gasteiger partial charge in [-0.25, -0.2) is 4.98 Å². The van der Waals surface area contributed by atoms with Crippen LogP contribution >= 0.6 is 22.9 Å². The molecule has 1 aliphatic rings. The molecular formula is C19H11ClF5N3O3S. The van der Waals surface area contributed by atoms with E-state index >= 15 is 0 Å². The van der Waals surface area contributed by atoms with Crippen LogP contribution in [-0.2, 0) is 6.18 Å². The number of alkyl halides is 5. The third-order valence-electron chi connectivity index (χ3n) is 4.33. The van der Waals surface area contributed by atoms with Gasteiger partial charge in [0.1, 0.15) is 4.88 Å². The van der Waals surface area contributed by atoms with Gasteiger partial charge in [-0.3, -0.25) is 9.78 Å². The smallest absolute Gasteiger partial charge is 0.395 e. The highest BCUT2D eigenvalue weighted by Gasteiger charge is 2.44. The number of rotatable bonds is 3. The fraction of sp³-hybridized carbons (Fsp3) is 0.211. The van der Waals surface area contributed by atoms with E-state index in [1.807, 2.05) is 0 Å². The molecule has 0 unspecified atom stereocenters. The maximum atomic E-state index is 13.3. The molecule has 0 saturated heterocycles. The molecule has 32 heavy (non-hydrogen) atoms. The number of anilines is 1. The molecule has 0 saturated carbocycles. The van der Waals surface area contributed by atoms with E-state index in [-0.39, 0.29) is 38.5 Å². The molecule has 0 aliphatic carbocycles. The average molecular weight is 492 g/mol. The first kappa shape index (κ1) is 22.2. The number of carbonyl (C=O) groups is 1. The zero-order chi connectivity index (χ0) is 23.4. The number of benzene rings is 1. The highest BCUT2D eigenvalue weighted by molar-refractivity contribution is 7.13. The normalized spacial score (nSPS) is 14.5. The SMILES string of the molecule is Cc1nc(C(F)(F)F)c(C(=O)Nc2cnc(-c3cc4c(cc3Cl)OC(F)(F)O4)cc2C)s1. The lowest BCUT2D eigenvalue weighted by molar-refractivity contribution is -0.286. The fourth-order valence-electron chi connectivity index (χ4n) is 2.95. The van der Waals surface area contributed by atoms with Gasteiger partial charge in [-0.05, 0) is 31.5 Å². The van der Waals surface area contributed by atoms with Gasteiger partial charge in [-0.2, -0.15) is 13.2 Å². The van der Waals surface area contributed by atoms with E-state index in [2.05, 4.69) is 24.8 Å². The molecule has 1 N–H and O–H groups in total. The third-order valence-corrected chi connectivity index (χ3v) is 5.62. The molecule has 4 rings (SSSR count). The molecule has 2 aromatic heterocycles. The van der Waals surface area contributed by atoms with Crippen LogP contribution in [-0.4, -0.2) is 22.2 Å². The van der Waals surface area contributed by atoms with Crippen molar-refractivity contribution < 1.29 is 36.2 Å². The van der Waals surface area contributed by atoms with Crippen molar-refractivity contribution in [1.82, 2.24) is 9.97 Å². The minimum Gasteiger partial charge on any atom is -0.395 e. The van der Waals surface area contributed by atoms with Gasteiger partial charge in [0.2, 0.25) is 0 Å². The largest absolute Gasteiger partial charge is 0.586 e. The summed E-state index contributed by atoms with van der Waals surface area (Å²) in [5.74, 6) is -1.44. The second-order valence-corrected chi connectivity index (χ2v) is 8.30. The van der Waals surface area contributed by atoms with Gasteiger partial charge in [-0.15, -0.1) is 20.1 Å². The first-order chi connectivity index (χ1) is 14.8. The van der Waals surface area contributed by atoms with Crippen LogP contribution in [0, 0.1) is 13.8 Å². The van der Waals surface area contributed by atoms with Crippen molar-refractivity contribution in [1.29, 1.82) is 0 Å². The van der Waals surface area contributed by atoms with Crippen LogP contribution in [0.4, 0.5) is 27.6 Å². The Morgan fingerprint density at radius 3 is 2.44 bits per heavy atom. The van der Waals surface area contributed by atoms with Crippen molar-refractivity contribution in [2.45, 2.75) is 26.3 Å². The van der Waals surface area contributed by atoms with Crippen LogP contribution in [0.5, 0.6) is 11.5 Å². The molecule has 1 aromatic carbocycles. The molecule has 3 heterocycles. The molecule has 168 valence electrons. The van der Waals surface area contributed by atoms with E-state index in [0.717, 1.165) is 6.07 Å². The number of hydrogen-bond acceptors (Lipinski definition) is 6. The second-order valence-electron chi connectivity index (χ2n) is 6.69. The predicted molar refractivity (Wildman–Crippen MR) is 105 cm³/mol. The molecule has 0 fully saturated rings. The molecule has 0 atom stereocenters. The highest BCUT2D eigenvalue weighted by Crippen LogP contribution is 2.46. The molecule has 0 spiro atoms. The van der Waals surface area contributed by atoms with E-state index < -0.39 is 28.9 Å². The number of ether oxygens (including phenoxy) is 2. The summed E-state index contributed by atoms with van der Waals surface area (Å²) >= 11 is 6.77. The predicted octanol–water partition coefficient (Wildman–Crippen LogP) is 6.07. The van der Waals surface area contributed by atoms with Crippen LogP contribution < -0.4 is 14.8 Å². The Bertz CT molecular complexity index is 1250. The number of aromatic nitrogens is 2. The Kier molecular flexibility index (Phi) is 5.24. The molecule has 1 amide bonds. The lowest BCUT2D eigenvalue weighted by Gasteiger charge is -2.11. The van der Waals surface area contributed by atoms with Gasteiger partial charge in [0.05, 0.1) is 27.6 Å². The van der Waals surface area contributed by atoms with Crippen molar-refractivity contribution in [3.05, 3.63) is 50.6 Å². The number of hydrogen-bond donors (Lipinski definition) is 1. The Hall–Kier alpha value is -2.99. The summed E-state index contributed by atoms with van der Waals surface area (Å²) in [5.41, 5.74) is -0.149. The first-order valence-corrected chi connectivity index (χ1v) is 9.96. The summed E-state index contributed by atoms with van der Waals surface area (Å²) in [4.78, 5) is 19.4. The summed E-state index contributed by atoms with van der Waals surface area (Å²) in [6.07, 6.45) is -7.37. The van der Waals surface area contributed by atoms with E-state index in [0.29, 0.717) is 16.9 Å². The van der Waals surface area contributed by atoms with Crippen molar-refractivity contribution in [3.63, 3.8) is 0 Å². The number of nitrogens with zero attached hydrogens (tertiary/aromatic N) is 2. The van der Waals surface area contributed by atoms with Gasteiger partial charge < -0.3 is 14.8 Å². The van der Waals surface area contributed by atoms with Gasteiger partial charge in [0, 0.05) is 11.6 Å². The summed E-state index contributed by atoms with van der Waals surface area (Å²) in [7, 11) is 0. The molecule has 6 nitrogen and oxygen atoms in total. The summed E-state index contributed by atoms with van der Waals surface area (Å²) in [6, 6.07) is 3.87. The Morgan fingerprint density at radius 1 is 1.16 bits per heavy atom. The number of amides is 1. The molecule has 13 heteroatoms. The van der Waals surface area contributed by atoms with E-state index in [1.54, 1.807) is 6.92 Å². The quantitative estimate of drug-likeness (QED) is 0.450.